The molecular weight excluding hydrogens is 302 g/mol. The molecule has 0 atom stereocenters. The van der Waals surface area contributed by atoms with Crippen molar-refractivity contribution in [2.45, 2.75) is 20.3 Å². The predicted octanol–water partition coefficient (Wildman–Crippen LogP) is 6.09. The summed E-state index contributed by atoms with van der Waals surface area (Å²) in [4.78, 5) is 5.88. The Morgan fingerprint density at radius 2 is 1.74 bits per heavy atom. The summed E-state index contributed by atoms with van der Waals surface area (Å²) in [6, 6.07) is 18.8. The number of thiazole rings is 1. The Hall–Kier alpha value is -2.39. The van der Waals surface area contributed by atoms with Gasteiger partial charge in [-0.05, 0) is 31.0 Å². The normalized spacial score (nSPS) is 11.2. The Kier molecular flexibility index (Phi) is 3.50. The van der Waals surface area contributed by atoms with Crippen LogP contribution in [0, 0.1) is 6.92 Å². The lowest BCUT2D eigenvalue weighted by Crippen LogP contribution is -1.80. The van der Waals surface area contributed by atoms with Crippen LogP contribution in [0.3, 0.4) is 0 Å². The second-order valence-corrected chi connectivity index (χ2v) is 6.69. The molecule has 0 saturated carbocycles. The largest absolute Gasteiger partial charge is 0.456 e. The summed E-state index contributed by atoms with van der Waals surface area (Å²) in [5, 5.41) is 2.33. The lowest BCUT2D eigenvalue weighted by atomic mass is 10.1. The summed E-state index contributed by atoms with van der Waals surface area (Å²) in [5.74, 6) is 0.910. The zero-order valence-corrected chi connectivity index (χ0v) is 14.0. The molecule has 3 heteroatoms. The molecule has 0 saturated heterocycles. The van der Waals surface area contributed by atoms with Gasteiger partial charge in [-0.1, -0.05) is 49.4 Å². The van der Waals surface area contributed by atoms with E-state index in [9.17, 15) is 0 Å². The number of rotatable bonds is 3. The number of hydrogen-bond acceptors (Lipinski definition) is 3. The van der Waals surface area contributed by atoms with E-state index in [0.717, 1.165) is 34.4 Å². The highest BCUT2D eigenvalue weighted by atomic mass is 32.1. The maximum absolute atomic E-state index is 5.94. The van der Waals surface area contributed by atoms with Gasteiger partial charge >= 0.3 is 0 Å². The molecular formula is C20H17NOS. The van der Waals surface area contributed by atoms with E-state index in [1.165, 1.54) is 15.4 Å². The number of aromatic nitrogens is 1. The van der Waals surface area contributed by atoms with Crippen LogP contribution in [0.25, 0.3) is 32.7 Å². The van der Waals surface area contributed by atoms with Crippen molar-refractivity contribution in [2.24, 2.45) is 0 Å². The Bertz CT molecular complexity index is 930. The fraction of sp³-hybridized carbons (Fsp3) is 0.150. The van der Waals surface area contributed by atoms with Crippen LogP contribution in [0.1, 0.15) is 17.6 Å². The van der Waals surface area contributed by atoms with Crippen LogP contribution in [0.2, 0.25) is 0 Å². The van der Waals surface area contributed by atoms with Gasteiger partial charge in [-0.25, -0.2) is 4.98 Å². The van der Waals surface area contributed by atoms with Gasteiger partial charge in [-0.2, -0.15) is 0 Å². The summed E-state index contributed by atoms with van der Waals surface area (Å²) in [6.07, 6.45) is 0.989. The van der Waals surface area contributed by atoms with Gasteiger partial charge in [0.15, 0.2) is 0 Å². The summed E-state index contributed by atoms with van der Waals surface area (Å²) in [6.45, 7) is 4.23. The summed E-state index contributed by atoms with van der Waals surface area (Å²) in [7, 11) is 0. The van der Waals surface area contributed by atoms with E-state index in [-0.39, 0.29) is 0 Å². The molecule has 0 spiro atoms. The molecule has 0 unspecified atom stereocenters. The van der Waals surface area contributed by atoms with Gasteiger partial charge < -0.3 is 4.42 Å². The van der Waals surface area contributed by atoms with E-state index in [2.05, 4.69) is 55.2 Å². The lowest BCUT2D eigenvalue weighted by molar-refractivity contribution is 0.631. The van der Waals surface area contributed by atoms with Crippen molar-refractivity contribution in [1.29, 1.82) is 0 Å². The maximum atomic E-state index is 5.94. The molecule has 0 amide bonds. The highest BCUT2D eigenvalue weighted by molar-refractivity contribution is 7.15. The van der Waals surface area contributed by atoms with Crippen LogP contribution in [0.5, 0.6) is 0 Å². The molecule has 0 aliphatic rings. The van der Waals surface area contributed by atoms with Crippen LogP contribution in [-0.2, 0) is 6.42 Å². The zero-order chi connectivity index (χ0) is 15.8. The van der Waals surface area contributed by atoms with Crippen molar-refractivity contribution >= 4 is 22.3 Å². The number of nitrogens with zero attached hydrogens (tertiary/aromatic N) is 1. The molecule has 2 heterocycles. The first-order valence-corrected chi connectivity index (χ1v) is 8.62. The summed E-state index contributed by atoms with van der Waals surface area (Å²) in [5.41, 5.74) is 4.36. The first-order valence-electron chi connectivity index (χ1n) is 7.80. The Morgan fingerprint density at radius 1 is 1.00 bits per heavy atom. The van der Waals surface area contributed by atoms with Gasteiger partial charge in [0.25, 0.3) is 0 Å². The molecule has 23 heavy (non-hydrogen) atoms. The van der Waals surface area contributed by atoms with Crippen LogP contribution in [0.4, 0.5) is 0 Å². The topological polar surface area (TPSA) is 26.0 Å². The number of para-hydroxylation sites is 1. The van der Waals surface area contributed by atoms with Gasteiger partial charge in [0, 0.05) is 10.9 Å². The fourth-order valence-electron chi connectivity index (χ4n) is 2.78. The SMILES string of the molecule is CCc1nc(C)c(-c2ccc(-c3cc4ccccc4o3)cc2)s1. The van der Waals surface area contributed by atoms with E-state index < -0.39 is 0 Å². The number of aryl methyl sites for hydroxylation is 2. The lowest BCUT2D eigenvalue weighted by Gasteiger charge is -2.01. The Labute approximate surface area is 139 Å². The predicted molar refractivity (Wildman–Crippen MR) is 96.9 cm³/mol. The second-order valence-electron chi connectivity index (χ2n) is 5.60. The third-order valence-corrected chi connectivity index (χ3v) is 5.35. The van der Waals surface area contributed by atoms with Crippen molar-refractivity contribution < 1.29 is 4.42 Å². The van der Waals surface area contributed by atoms with Crippen LogP contribution >= 0.6 is 11.3 Å². The molecule has 0 bridgehead atoms. The zero-order valence-electron chi connectivity index (χ0n) is 13.2. The van der Waals surface area contributed by atoms with Crippen LogP contribution < -0.4 is 0 Å². The molecule has 0 aliphatic carbocycles. The monoisotopic (exact) mass is 319 g/mol. The smallest absolute Gasteiger partial charge is 0.135 e. The average molecular weight is 319 g/mol. The minimum Gasteiger partial charge on any atom is -0.456 e. The molecule has 0 fully saturated rings. The molecule has 0 aliphatic heterocycles. The molecule has 2 aromatic carbocycles. The minimum atomic E-state index is 0.910. The average Bonchev–Trinajstić information content (AvgIpc) is 3.18. The van der Waals surface area contributed by atoms with Gasteiger partial charge in [0.2, 0.25) is 0 Å². The minimum absolute atomic E-state index is 0.910. The van der Waals surface area contributed by atoms with E-state index in [1.807, 2.05) is 18.2 Å². The van der Waals surface area contributed by atoms with E-state index >= 15 is 0 Å². The molecule has 0 radical (unpaired) electrons. The number of furan rings is 1. The third-order valence-electron chi connectivity index (χ3n) is 4.00. The molecule has 0 N–H and O–H groups in total. The van der Waals surface area contributed by atoms with Crippen molar-refractivity contribution in [3.63, 3.8) is 0 Å². The van der Waals surface area contributed by atoms with E-state index in [4.69, 9.17) is 4.42 Å². The number of fused-ring (bicyclic) bond motifs is 1. The van der Waals surface area contributed by atoms with Crippen molar-refractivity contribution in [3.05, 3.63) is 65.3 Å². The van der Waals surface area contributed by atoms with Crippen molar-refractivity contribution in [3.8, 4) is 21.8 Å². The fourth-order valence-corrected chi connectivity index (χ4v) is 3.79. The number of benzene rings is 2. The Morgan fingerprint density at radius 3 is 2.43 bits per heavy atom. The Balaban J connectivity index is 1.71. The van der Waals surface area contributed by atoms with Gasteiger partial charge in [-0.3, -0.25) is 0 Å². The van der Waals surface area contributed by atoms with Crippen molar-refractivity contribution in [1.82, 2.24) is 4.98 Å². The molecule has 4 rings (SSSR count). The van der Waals surface area contributed by atoms with Crippen LogP contribution in [-0.4, -0.2) is 4.98 Å². The molecule has 114 valence electrons. The van der Waals surface area contributed by atoms with Gasteiger partial charge in [0.05, 0.1) is 15.6 Å². The number of hydrogen-bond donors (Lipinski definition) is 0. The van der Waals surface area contributed by atoms with Crippen LogP contribution in [0.15, 0.2) is 59.0 Å². The van der Waals surface area contributed by atoms with Gasteiger partial charge in [0.1, 0.15) is 11.3 Å². The molecule has 2 nitrogen and oxygen atoms in total. The maximum Gasteiger partial charge on any atom is 0.135 e. The summed E-state index contributed by atoms with van der Waals surface area (Å²) < 4.78 is 5.94. The quantitative estimate of drug-likeness (QED) is 0.456. The summed E-state index contributed by atoms with van der Waals surface area (Å²) >= 11 is 1.78. The highest BCUT2D eigenvalue weighted by Crippen LogP contribution is 2.33. The van der Waals surface area contributed by atoms with E-state index in [0.29, 0.717) is 0 Å². The second kappa shape index (κ2) is 5.67. The van der Waals surface area contributed by atoms with Crippen molar-refractivity contribution in [2.75, 3.05) is 0 Å². The first kappa shape index (κ1) is 14.2. The molecule has 2 aromatic heterocycles. The third kappa shape index (κ3) is 2.57. The highest BCUT2D eigenvalue weighted by Gasteiger charge is 2.10. The van der Waals surface area contributed by atoms with E-state index in [1.54, 1.807) is 11.3 Å². The van der Waals surface area contributed by atoms with Gasteiger partial charge in [-0.15, -0.1) is 11.3 Å². The molecule has 4 aromatic rings. The standard InChI is InChI=1S/C20H17NOS/c1-3-19-21-13(2)20(23-19)15-10-8-14(9-11-15)18-12-16-6-4-5-7-17(16)22-18/h4-12H,3H2,1-2H3. The first-order chi connectivity index (χ1) is 11.2.